The van der Waals surface area contributed by atoms with Crippen LogP contribution in [0.4, 0.5) is 4.79 Å². The van der Waals surface area contributed by atoms with Gasteiger partial charge in [-0.1, -0.05) is 18.2 Å². The van der Waals surface area contributed by atoms with Crippen molar-refractivity contribution in [3.63, 3.8) is 0 Å². The first-order chi connectivity index (χ1) is 17.2. The van der Waals surface area contributed by atoms with Gasteiger partial charge in [0, 0.05) is 51.5 Å². The Morgan fingerprint density at radius 2 is 1.89 bits per heavy atom. The number of piperidine rings is 1. The molecule has 4 rings (SSSR count). The molecule has 1 unspecified atom stereocenters. The third kappa shape index (κ3) is 6.55. The van der Waals surface area contributed by atoms with E-state index in [0.29, 0.717) is 44.4 Å². The molecule has 1 fully saturated rings. The summed E-state index contributed by atoms with van der Waals surface area (Å²) >= 11 is 0. The summed E-state index contributed by atoms with van der Waals surface area (Å²) in [5, 5.41) is 3.54. The minimum Gasteiger partial charge on any atom is -0.492 e. The van der Waals surface area contributed by atoms with Crippen LogP contribution in [0, 0.1) is 11.8 Å². The number of likely N-dealkylation sites (tertiary alicyclic amines) is 1. The summed E-state index contributed by atoms with van der Waals surface area (Å²) < 4.78 is 11.7. The predicted molar refractivity (Wildman–Crippen MR) is 139 cm³/mol. The first-order valence-electron chi connectivity index (χ1n) is 12.8. The summed E-state index contributed by atoms with van der Waals surface area (Å²) in [5.41, 5.74) is 1.78. The molecule has 0 radical (unpaired) electrons. The highest BCUT2D eigenvalue weighted by atomic mass is 16.6. The van der Waals surface area contributed by atoms with Crippen LogP contribution >= 0.6 is 0 Å². The van der Waals surface area contributed by atoms with Gasteiger partial charge in [-0.05, 0) is 69.2 Å². The number of hydrogen-bond donors (Lipinski definition) is 1. The molecule has 2 aliphatic rings. The number of amides is 2. The second-order valence-corrected chi connectivity index (χ2v) is 10.7. The lowest BCUT2D eigenvalue weighted by Gasteiger charge is -2.38. The Morgan fingerprint density at radius 1 is 1.14 bits per heavy atom. The van der Waals surface area contributed by atoms with Crippen molar-refractivity contribution in [3.8, 4) is 16.9 Å². The van der Waals surface area contributed by atoms with Crippen molar-refractivity contribution in [2.24, 2.45) is 11.8 Å². The van der Waals surface area contributed by atoms with Crippen molar-refractivity contribution in [2.75, 3.05) is 46.4 Å². The largest absolute Gasteiger partial charge is 0.492 e. The maximum atomic E-state index is 13.3. The average Bonchev–Trinajstić information content (AvgIpc) is 2.86. The van der Waals surface area contributed by atoms with Gasteiger partial charge in [0.25, 0.3) is 5.91 Å². The minimum atomic E-state index is -0.500. The van der Waals surface area contributed by atoms with Crippen molar-refractivity contribution in [1.29, 1.82) is 0 Å². The number of nitrogens with one attached hydrogen (secondary N) is 1. The van der Waals surface area contributed by atoms with Crippen LogP contribution < -0.4 is 10.1 Å². The molecular formula is C28H38N4O4. The van der Waals surface area contributed by atoms with Gasteiger partial charge >= 0.3 is 6.09 Å². The summed E-state index contributed by atoms with van der Waals surface area (Å²) in [4.78, 5) is 33.8. The van der Waals surface area contributed by atoms with Gasteiger partial charge in [0.1, 0.15) is 23.7 Å². The van der Waals surface area contributed by atoms with Gasteiger partial charge in [-0.2, -0.15) is 0 Å². The van der Waals surface area contributed by atoms with Crippen molar-refractivity contribution in [1.82, 2.24) is 20.1 Å². The summed E-state index contributed by atoms with van der Waals surface area (Å²) in [6.07, 6.45) is 3.20. The van der Waals surface area contributed by atoms with E-state index in [0.717, 1.165) is 36.3 Å². The number of aromatic nitrogens is 1. The first-order valence-corrected chi connectivity index (χ1v) is 12.8. The molecule has 0 aliphatic carbocycles. The fourth-order valence-corrected chi connectivity index (χ4v) is 4.96. The number of carbonyl (C=O) groups excluding carboxylic acids is 2. The zero-order valence-corrected chi connectivity index (χ0v) is 21.8. The Hall–Kier alpha value is -3.13. The van der Waals surface area contributed by atoms with Gasteiger partial charge in [0.05, 0.1) is 0 Å². The highest BCUT2D eigenvalue weighted by Gasteiger charge is 2.32. The number of carbonyl (C=O) groups is 2. The maximum Gasteiger partial charge on any atom is 0.410 e. The van der Waals surface area contributed by atoms with Crippen LogP contribution in [0.15, 0.2) is 42.6 Å². The molecule has 1 N–H and O–H groups in total. The molecule has 8 nitrogen and oxygen atoms in total. The van der Waals surface area contributed by atoms with Crippen molar-refractivity contribution >= 4 is 12.0 Å². The standard InChI is InChI=1S/C28H38N4O4/c1-28(2,3)36-27(34)32-14-10-20(11-15-32)22-18-29-13-16-35-25-8-6-5-7-23(25)21-9-12-30-24(17-21)26(33)31(4)19-22/h5-9,12,17,20,22,29H,10-11,13-16,18-19H2,1-4H3. The van der Waals surface area contributed by atoms with Crippen LogP contribution in [0.2, 0.25) is 0 Å². The normalized spacial score (nSPS) is 20.2. The van der Waals surface area contributed by atoms with Crippen LogP contribution in [0.25, 0.3) is 11.1 Å². The highest BCUT2D eigenvalue weighted by Crippen LogP contribution is 2.31. The third-order valence-corrected chi connectivity index (χ3v) is 6.83. The van der Waals surface area contributed by atoms with E-state index in [1.807, 2.05) is 64.2 Å². The number of pyridine rings is 1. The molecule has 3 heterocycles. The second-order valence-electron chi connectivity index (χ2n) is 10.7. The van der Waals surface area contributed by atoms with E-state index in [1.165, 1.54) is 0 Å². The maximum absolute atomic E-state index is 13.3. The first kappa shape index (κ1) is 25.9. The Bertz CT molecular complexity index is 1060. The Labute approximate surface area is 214 Å². The van der Waals surface area contributed by atoms with Crippen LogP contribution in [0.1, 0.15) is 44.1 Å². The molecule has 0 spiro atoms. The van der Waals surface area contributed by atoms with Crippen molar-refractivity contribution < 1.29 is 19.1 Å². The van der Waals surface area contributed by atoms with Gasteiger partial charge in [-0.15, -0.1) is 0 Å². The monoisotopic (exact) mass is 494 g/mol. The molecule has 2 amide bonds. The van der Waals surface area contributed by atoms with Gasteiger partial charge in [0.2, 0.25) is 0 Å². The van der Waals surface area contributed by atoms with E-state index in [4.69, 9.17) is 9.47 Å². The third-order valence-electron chi connectivity index (χ3n) is 6.83. The molecule has 1 saturated heterocycles. The summed E-state index contributed by atoms with van der Waals surface area (Å²) in [6, 6.07) is 11.6. The molecular weight excluding hydrogens is 456 g/mol. The number of hydrogen-bond acceptors (Lipinski definition) is 6. The van der Waals surface area contributed by atoms with E-state index < -0.39 is 5.60 Å². The molecule has 2 bridgehead atoms. The van der Waals surface area contributed by atoms with E-state index in [1.54, 1.807) is 16.0 Å². The molecule has 2 aromatic rings. The van der Waals surface area contributed by atoms with Crippen LogP contribution in [-0.4, -0.2) is 78.8 Å². The fraction of sp³-hybridized carbons (Fsp3) is 0.536. The molecule has 1 aromatic heterocycles. The number of nitrogens with zero attached hydrogens (tertiary/aromatic N) is 3. The molecule has 8 heteroatoms. The lowest BCUT2D eigenvalue weighted by atomic mass is 9.83. The van der Waals surface area contributed by atoms with Gasteiger partial charge in [-0.25, -0.2) is 4.79 Å². The number of para-hydroxylation sites is 1. The summed E-state index contributed by atoms with van der Waals surface area (Å²) in [5.74, 6) is 1.34. The average molecular weight is 495 g/mol. The quantitative estimate of drug-likeness (QED) is 0.644. The van der Waals surface area contributed by atoms with Crippen molar-refractivity contribution in [3.05, 3.63) is 48.3 Å². The lowest BCUT2D eigenvalue weighted by molar-refractivity contribution is 0.0151. The Morgan fingerprint density at radius 3 is 2.64 bits per heavy atom. The number of rotatable bonds is 1. The van der Waals surface area contributed by atoms with E-state index in [2.05, 4.69) is 10.3 Å². The molecule has 2 aliphatic heterocycles. The Kier molecular flexibility index (Phi) is 8.14. The van der Waals surface area contributed by atoms with Gasteiger partial charge in [0.15, 0.2) is 0 Å². The zero-order chi connectivity index (χ0) is 25.7. The number of benzene rings is 1. The zero-order valence-electron chi connectivity index (χ0n) is 21.8. The van der Waals surface area contributed by atoms with Crippen molar-refractivity contribution in [2.45, 2.75) is 39.2 Å². The predicted octanol–water partition coefficient (Wildman–Crippen LogP) is 4.07. The molecule has 0 saturated carbocycles. The van der Waals surface area contributed by atoms with Crippen LogP contribution in [0.3, 0.4) is 0 Å². The van der Waals surface area contributed by atoms with Gasteiger partial charge < -0.3 is 24.6 Å². The van der Waals surface area contributed by atoms with Crippen LogP contribution in [-0.2, 0) is 4.74 Å². The van der Waals surface area contributed by atoms with E-state index in [-0.39, 0.29) is 17.9 Å². The molecule has 194 valence electrons. The lowest BCUT2D eigenvalue weighted by Crippen LogP contribution is -2.46. The number of fused-ring (bicyclic) bond motifs is 4. The molecule has 1 aromatic carbocycles. The van der Waals surface area contributed by atoms with E-state index in [9.17, 15) is 9.59 Å². The SMILES string of the molecule is CN1CC(C2CCN(C(=O)OC(C)(C)C)CC2)CNCCOc2ccccc2-c2ccnc(c2)C1=O. The fourth-order valence-electron chi connectivity index (χ4n) is 4.96. The topological polar surface area (TPSA) is 84.0 Å². The highest BCUT2D eigenvalue weighted by molar-refractivity contribution is 5.93. The molecule has 36 heavy (non-hydrogen) atoms. The molecule has 1 atom stereocenters. The van der Waals surface area contributed by atoms with Gasteiger partial charge in [-0.3, -0.25) is 9.78 Å². The summed E-state index contributed by atoms with van der Waals surface area (Å²) in [7, 11) is 1.85. The van der Waals surface area contributed by atoms with E-state index >= 15 is 0 Å². The smallest absolute Gasteiger partial charge is 0.410 e. The summed E-state index contributed by atoms with van der Waals surface area (Å²) in [6.45, 7) is 9.64. The number of ether oxygens (including phenoxy) is 2. The van der Waals surface area contributed by atoms with Crippen LogP contribution in [0.5, 0.6) is 5.75 Å². The minimum absolute atomic E-state index is 0.0940. The Balaban J connectivity index is 1.48. The second kappa shape index (κ2) is 11.3.